The molecule has 1 saturated carbocycles. The molecule has 0 radical (unpaired) electrons. The topological polar surface area (TPSA) is 42.7 Å². The quantitative estimate of drug-likeness (QED) is 0.831. The molecule has 88 valence electrons. The summed E-state index contributed by atoms with van der Waals surface area (Å²) in [6.45, 7) is 1.13. The molecule has 0 amide bonds. The van der Waals surface area contributed by atoms with Gasteiger partial charge in [-0.25, -0.2) is 0 Å². The second kappa shape index (κ2) is 4.53. The Balaban J connectivity index is 1.80. The highest BCUT2D eigenvalue weighted by Crippen LogP contribution is 2.31. The van der Waals surface area contributed by atoms with Crippen molar-refractivity contribution in [2.45, 2.75) is 57.0 Å². The lowest BCUT2D eigenvalue weighted by atomic mass is 9.95. The molecule has 1 N–H and O–H groups in total. The van der Waals surface area contributed by atoms with Crippen LogP contribution in [0.25, 0.3) is 0 Å². The Bertz CT molecular complexity index is 335. The van der Waals surface area contributed by atoms with Crippen molar-refractivity contribution in [1.29, 1.82) is 0 Å². The molecule has 3 rings (SSSR count). The minimum absolute atomic E-state index is 0.449. The van der Waals surface area contributed by atoms with Gasteiger partial charge in [0.2, 0.25) is 0 Å². The molecule has 16 heavy (non-hydrogen) atoms. The molecular weight excluding hydrogens is 200 g/mol. The van der Waals surface area contributed by atoms with Gasteiger partial charge >= 0.3 is 0 Å². The molecule has 0 unspecified atom stereocenters. The van der Waals surface area contributed by atoms with E-state index in [4.69, 9.17) is 0 Å². The Morgan fingerprint density at radius 3 is 2.75 bits per heavy atom. The van der Waals surface area contributed by atoms with Crippen LogP contribution in [0.15, 0.2) is 6.33 Å². The first kappa shape index (κ1) is 10.3. The number of aromatic nitrogens is 3. The lowest BCUT2D eigenvalue weighted by molar-refractivity contribution is 0.337. The summed E-state index contributed by atoms with van der Waals surface area (Å²) in [5.41, 5.74) is 0. The van der Waals surface area contributed by atoms with Crippen molar-refractivity contribution in [3.05, 3.63) is 12.2 Å². The zero-order chi connectivity index (χ0) is 10.8. The molecule has 1 atom stereocenters. The Kier molecular flexibility index (Phi) is 2.91. The van der Waals surface area contributed by atoms with Crippen molar-refractivity contribution in [3.8, 4) is 0 Å². The maximum absolute atomic E-state index is 4.32. The van der Waals surface area contributed by atoms with Gasteiger partial charge in [-0.1, -0.05) is 19.3 Å². The fourth-order valence-electron chi connectivity index (χ4n) is 3.05. The molecule has 2 fully saturated rings. The van der Waals surface area contributed by atoms with Gasteiger partial charge in [-0.3, -0.25) is 0 Å². The van der Waals surface area contributed by atoms with E-state index in [-0.39, 0.29) is 0 Å². The van der Waals surface area contributed by atoms with E-state index in [1.54, 1.807) is 0 Å². The molecule has 2 aliphatic rings. The van der Waals surface area contributed by atoms with E-state index in [9.17, 15) is 0 Å². The van der Waals surface area contributed by atoms with Crippen molar-refractivity contribution >= 4 is 0 Å². The molecule has 1 aliphatic heterocycles. The minimum Gasteiger partial charge on any atom is -0.313 e. The average Bonchev–Trinajstić information content (AvgIpc) is 3.01. The summed E-state index contributed by atoms with van der Waals surface area (Å²) < 4.78 is 2.34. The number of nitrogens with one attached hydrogen (secondary N) is 1. The fourth-order valence-corrected chi connectivity index (χ4v) is 3.05. The van der Waals surface area contributed by atoms with Crippen LogP contribution in [-0.2, 0) is 0 Å². The third kappa shape index (κ3) is 1.86. The second-order valence-corrected chi connectivity index (χ2v) is 5.04. The number of nitrogens with zero attached hydrogens (tertiary/aromatic N) is 3. The van der Waals surface area contributed by atoms with Gasteiger partial charge in [-0.05, 0) is 32.2 Å². The lowest BCUT2D eigenvalue weighted by Gasteiger charge is -2.25. The fraction of sp³-hybridized carbons (Fsp3) is 0.833. The van der Waals surface area contributed by atoms with E-state index in [2.05, 4.69) is 20.1 Å². The van der Waals surface area contributed by atoms with Crippen molar-refractivity contribution in [2.24, 2.45) is 0 Å². The van der Waals surface area contributed by atoms with Crippen molar-refractivity contribution in [3.63, 3.8) is 0 Å². The maximum atomic E-state index is 4.32. The van der Waals surface area contributed by atoms with Gasteiger partial charge in [0.25, 0.3) is 0 Å². The van der Waals surface area contributed by atoms with Gasteiger partial charge in [0, 0.05) is 6.04 Å². The van der Waals surface area contributed by atoms with Gasteiger partial charge in [0.1, 0.15) is 12.2 Å². The standard InChI is InChI=1S/C12H20N4/c1-2-5-10(6-3-1)16-9-14-15-12(16)11-7-4-8-13-11/h9-11,13H,1-8H2/t11-/m0/s1. The summed E-state index contributed by atoms with van der Waals surface area (Å²) in [7, 11) is 0. The molecular formula is C12H20N4. The van der Waals surface area contributed by atoms with E-state index in [1.807, 2.05) is 6.33 Å². The number of hydrogen-bond acceptors (Lipinski definition) is 3. The molecule has 1 aliphatic carbocycles. The minimum atomic E-state index is 0.449. The molecule has 4 nitrogen and oxygen atoms in total. The monoisotopic (exact) mass is 220 g/mol. The predicted molar refractivity (Wildman–Crippen MR) is 62.1 cm³/mol. The van der Waals surface area contributed by atoms with Crippen LogP contribution in [-0.4, -0.2) is 21.3 Å². The van der Waals surface area contributed by atoms with Crippen molar-refractivity contribution in [2.75, 3.05) is 6.54 Å². The first-order valence-electron chi connectivity index (χ1n) is 6.58. The van der Waals surface area contributed by atoms with E-state index in [0.29, 0.717) is 12.1 Å². The first-order chi connectivity index (χ1) is 7.95. The van der Waals surface area contributed by atoms with Crippen molar-refractivity contribution < 1.29 is 0 Å². The van der Waals surface area contributed by atoms with Crippen LogP contribution in [0.3, 0.4) is 0 Å². The molecule has 0 aromatic carbocycles. The SMILES string of the molecule is c1nnc([C@@H]2CCCN2)n1C1CCCCC1. The first-order valence-corrected chi connectivity index (χ1v) is 6.58. The average molecular weight is 220 g/mol. The van der Waals surface area contributed by atoms with Crippen molar-refractivity contribution in [1.82, 2.24) is 20.1 Å². The van der Waals surface area contributed by atoms with Crippen LogP contribution >= 0.6 is 0 Å². The van der Waals surface area contributed by atoms with Gasteiger partial charge in [-0.2, -0.15) is 0 Å². The molecule has 1 aromatic rings. The Morgan fingerprint density at radius 1 is 1.12 bits per heavy atom. The molecule has 2 heterocycles. The summed E-state index contributed by atoms with van der Waals surface area (Å²) in [6.07, 6.45) is 11.1. The summed E-state index contributed by atoms with van der Waals surface area (Å²) >= 11 is 0. The van der Waals surface area contributed by atoms with Crippen LogP contribution in [0, 0.1) is 0 Å². The third-order valence-electron chi connectivity index (χ3n) is 3.94. The van der Waals surface area contributed by atoms with Crippen LogP contribution in [0.4, 0.5) is 0 Å². The smallest absolute Gasteiger partial charge is 0.150 e. The summed E-state index contributed by atoms with van der Waals surface area (Å²) in [4.78, 5) is 0. The summed E-state index contributed by atoms with van der Waals surface area (Å²) in [6, 6.07) is 1.10. The number of hydrogen-bond donors (Lipinski definition) is 1. The Hall–Kier alpha value is -0.900. The third-order valence-corrected chi connectivity index (χ3v) is 3.94. The van der Waals surface area contributed by atoms with Crippen LogP contribution in [0.5, 0.6) is 0 Å². The van der Waals surface area contributed by atoms with Gasteiger partial charge < -0.3 is 9.88 Å². The van der Waals surface area contributed by atoms with E-state index in [1.165, 1.54) is 50.8 Å². The molecule has 1 aromatic heterocycles. The largest absolute Gasteiger partial charge is 0.313 e. The zero-order valence-electron chi connectivity index (χ0n) is 9.73. The number of rotatable bonds is 2. The Labute approximate surface area is 96.4 Å². The van der Waals surface area contributed by atoms with Crippen LogP contribution < -0.4 is 5.32 Å². The molecule has 0 spiro atoms. The predicted octanol–water partition coefficient (Wildman–Crippen LogP) is 2.21. The Morgan fingerprint density at radius 2 is 2.00 bits per heavy atom. The van der Waals surface area contributed by atoms with E-state index < -0.39 is 0 Å². The molecule has 0 bridgehead atoms. The maximum Gasteiger partial charge on any atom is 0.150 e. The summed E-state index contributed by atoms with van der Waals surface area (Å²) in [5, 5.41) is 12.0. The summed E-state index contributed by atoms with van der Waals surface area (Å²) in [5.74, 6) is 1.17. The molecule has 4 heteroatoms. The normalized spacial score (nSPS) is 27.4. The van der Waals surface area contributed by atoms with Gasteiger partial charge in [0.15, 0.2) is 0 Å². The highest BCUT2D eigenvalue weighted by Gasteiger charge is 2.25. The zero-order valence-corrected chi connectivity index (χ0v) is 9.73. The van der Waals surface area contributed by atoms with E-state index in [0.717, 1.165) is 6.54 Å². The van der Waals surface area contributed by atoms with E-state index >= 15 is 0 Å². The van der Waals surface area contributed by atoms with Gasteiger partial charge in [-0.15, -0.1) is 10.2 Å². The highest BCUT2D eigenvalue weighted by molar-refractivity contribution is 5.00. The molecule has 1 saturated heterocycles. The van der Waals surface area contributed by atoms with Gasteiger partial charge in [0.05, 0.1) is 6.04 Å². The van der Waals surface area contributed by atoms with Crippen LogP contribution in [0.2, 0.25) is 0 Å². The van der Waals surface area contributed by atoms with Crippen LogP contribution in [0.1, 0.15) is 62.9 Å². The lowest BCUT2D eigenvalue weighted by Crippen LogP contribution is -2.21. The highest BCUT2D eigenvalue weighted by atomic mass is 15.3. The second-order valence-electron chi connectivity index (χ2n) is 5.04.